The van der Waals surface area contributed by atoms with Crippen molar-refractivity contribution in [2.24, 2.45) is 0 Å². The molecule has 0 aliphatic carbocycles. The van der Waals surface area contributed by atoms with Gasteiger partial charge in [0, 0.05) is 5.75 Å². The molecule has 0 atom stereocenters. The van der Waals surface area contributed by atoms with E-state index in [1.807, 2.05) is 30.3 Å². The zero-order valence-electron chi connectivity index (χ0n) is 10.8. The third kappa shape index (κ3) is 4.54. The second kappa shape index (κ2) is 8.22. The summed E-state index contributed by atoms with van der Waals surface area (Å²) < 4.78 is 1.79. The van der Waals surface area contributed by atoms with Crippen LogP contribution in [0.2, 0.25) is 0 Å². The average molecular weight is 294 g/mol. The lowest BCUT2D eigenvalue weighted by molar-refractivity contribution is 0.709. The molecule has 0 amide bonds. The van der Waals surface area contributed by atoms with Crippen molar-refractivity contribution in [3.8, 4) is 5.69 Å². The number of rotatable bonds is 8. The predicted molar refractivity (Wildman–Crippen MR) is 82.2 cm³/mol. The SMILES string of the molecule is SCCCCCCSc1nnnn1-c1ccccc1. The molecular weight excluding hydrogens is 276 g/mol. The first kappa shape index (κ1) is 14.4. The highest BCUT2D eigenvalue weighted by atomic mass is 32.2. The van der Waals surface area contributed by atoms with Crippen LogP contribution < -0.4 is 0 Å². The van der Waals surface area contributed by atoms with Crippen LogP contribution in [0.25, 0.3) is 5.69 Å². The van der Waals surface area contributed by atoms with E-state index in [2.05, 4.69) is 28.2 Å². The molecular formula is C13H18N4S2. The van der Waals surface area contributed by atoms with E-state index >= 15 is 0 Å². The van der Waals surface area contributed by atoms with Crippen molar-refractivity contribution < 1.29 is 0 Å². The maximum absolute atomic E-state index is 4.21. The van der Waals surface area contributed by atoms with Crippen LogP contribution in [0.5, 0.6) is 0 Å². The Hall–Kier alpha value is -1.01. The minimum absolute atomic E-state index is 0.861. The molecule has 0 aliphatic rings. The Morgan fingerprint density at radius 3 is 2.63 bits per heavy atom. The molecule has 2 rings (SSSR count). The molecule has 0 unspecified atom stereocenters. The summed E-state index contributed by atoms with van der Waals surface area (Å²) in [5, 5.41) is 12.7. The molecule has 0 N–H and O–H groups in total. The lowest BCUT2D eigenvalue weighted by Crippen LogP contribution is -1.98. The van der Waals surface area contributed by atoms with Gasteiger partial charge in [-0.25, -0.2) is 0 Å². The molecule has 19 heavy (non-hydrogen) atoms. The molecule has 2 aromatic rings. The highest BCUT2D eigenvalue weighted by molar-refractivity contribution is 7.99. The number of aromatic nitrogens is 4. The lowest BCUT2D eigenvalue weighted by atomic mass is 10.2. The van der Waals surface area contributed by atoms with Crippen LogP contribution in [0.4, 0.5) is 0 Å². The fraction of sp³-hybridized carbons (Fsp3) is 0.462. The second-order valence-electron chi connectivity index (χ2n) is 4.20. The summed E-state index contributed by atoms with van der Waals surface area (Å²) in [5.74, 6) is 2.04. The molecule has 0 saturated carbocycles. The molecule has 0 aliphatic heterocycles. The number of hydrogen-bond acceptors (Lipinski definition) is 5. The molecule has 0 bridgehead atoms. The Morgan fingerprint density at radius 1 is 1.05 bits per heavy atom. The molecule has 102 valence electrons. The summed E-state index contributed by atoms with van der Waals surface area (Å²) >= 11 is 5.93. The van der Waals surface area contributed by atoms with E-state index in [9.17, 15) is 0 Å². The van der Waals surface area contributed by atoms with Gasteiger partial charge in [0.2, 0.25) is 5.16 Å². The first-order valence-electron chi connectivity index (χ1n) is 6.49. The molecule has 1 aromatic carbocycles. The minimum atomic E-state index is 0.861. The molecule has 4 nitrogen and oxygen atoms in total. The van der Waals surface area contributed by atoms with E-state index in [1.54, 1.807) is 16.4 Å². The van der Waals surface area contributed by atoms with Gasteiger partial charge in [-0.05, 0) is 41.2 Å². The third-order valence-electron chi connectivity index (χ3n) is 2.73. The van der Waals surface area contributed by atoms with Crippen molar-refractivity contribution in [3.63, 3.8) is 0 Å². The van der Waals surface area contributed by atoms with Crippen LogP contribution in [0.3, 0.4) is 0 Å². The Bertz CT molecular complexity index is 473. The smallest absolute Gasteiger partial charge is 0.188 e. The van der Waals surface area contributed by atoms with Gasteiger partial charge >= 0.3 is 0 Å². The molecule has 0 saturated heterocycles. The van der Waals surface area contributed by atoms with Crippen LogP contribution in [0, 0.1) is 0 Å². The van der Waals surface area contributed by atoms with Crippen LogP contribution in [0.15, 0.2) is 35.5 Å². The third-order valence-corrected chi connectivity index (χ3v) is 4.05. The number of thioether (sulfide) groups is 1. The Morgan fingerprint density at radius 2 is 1.84 bits per heavy atom. The number of nitrogens with zero attached hydrogens (tertiary/aromatic N) is 4. The van der Waals surface area contributed by atoms with E-state index in [-0.39, 0.29) is 0 Å². The number of hydrogen-bond donors (Lipinski definition) is 1. The van der Waals surface area contributed by atoms with Gasteiger partial charge in [-0.3, -0.25) is 0 Å². The van der Waals surface area contributed by atoms with E-state index < -0.39 is 0 Å². The van der Waals surface area contributed by atoms with Crippen molar-refractivity contribution in [2.45, 2.75) is 30.8 Å². The van der Waals surface area contributed by atoms with Gasteiger partial charge < -0.3 is 0 Å². The quantitative estimate of drug-likeness (QED) is 0.461. The monoisotopic (exact) mass is 294 g/mol. The van der Waals surface area contributed by atoms with Gasteiger partial charge in [0.25, 0.3) is 0 Å². The molecule has 0 spiro atoms. The summed E-state index contributed by atoms with van der Waals surface area (Å²) in [6.45, 7) is 0. The zero-order chi connectivity index (χ0) is 13.3. The van der Waals surface area contributed by atoms with E-state index in [0.717, 1.165) is 22.3 Å². The van der Waals surface area contributed by atoms with Crippen molar-refractivity contribution in [1.82, 2.24) is 20.2 Å². The molecule has 0 radical (unpaired) electrons. The van der Waals surface area contributed by atoms with Crippen molar-refractivity contribution in [2.75, 3.05) is 11.5 Å². The highest BCUT2D eigenvalue weighted by Gasteiger charge is 2.07. The second-order valence-corrected chi connectivity index (χ2v) is 5.70. The Labute approximate surface area is 123 Å². The van der Waals surface area contributed by atoms with Gasteiger partial charge in [0.05, 0.1) is 5.69 Å². The standard InChI is InChI=1S/C13H18N4S2/c18-10-6-1-2-7-11-19-13-14-15-16-17(13)12-8-4-3-5-9-12/h3-5,8-9,18H,1-2,6-7,10-11H2. The van der Waals surface area contributed by atoms with Gasteiger partial charge in [-0.15, -0.1) is 5.10 Å². The predicted octanol–water partition coefficient (Wildman–Crippen LogP) is 3.24. The van der Waals surface area contributed by atoms with Crippen LogP contribution in [-0.2, 0) is 0 Å². The number of benzene rings is 1. The van der Waals surface area contributed by atoms with E-state index in [1.165, 1.54) is 25.7 Å². The number of thiol groups is 1. The maximum atomic E-state index is 4.21. The molecule has 1 heterocycles. The molecule has 6 heteroatoms. The highest BCUT2D eigenvalue weighted by Crippen LogP contribution is 2.19. The number of para-hydroxylation sites is 1. The fourth-order valence-electron chi connectivity index (χ4n) is 1.73. The van der Waals surface area contributed by atoms with E-state index in [4.69, 9.17) is 0 Å². The van der Waals surface area contributed by atoms with Crippen molar-refractivity contribution in [1.29, 1.82) is 0 Å². The molecule has 0 fully saturated rings. The summed E-state index contributed by atoms with van der Waals surface area (Å²) in [6.07, 6.45) is 4.91. The first-order chi connectivity index (χ1) is 9.42. The van der Waals surface area contributed by atoms with Gasteiger partial charge in [-0.1, -0.05) is 42.8 Å². The average Bonchev–Trinajstić information content (AvgIpc) is 2.92. The normalized spacial score (nSPS) is 10.8. The lowest BCUT2D eigenvalue weighted by Gasteiger charge is -2.03. The zero-order valence-corrected chi connectivity index (χ0v) is 12.5. The van der Waals surface area contributed by atoms with Crippen molar-refractivity contribution >= 4 is 24.4 Å². The summed E-state index contributed by atoms with van der Waals surface area (Å²) in [7, 11) is 0. The first-order valence-corrected chi connectivity index (χ1v) is 8.11. The molecule has 1 aromatic heterocycles. The van der Waals surface area contributed by atoms with Gasteiger partial charge in [0.1, 0.15) is 0 Å². The summed E-state index contributed by atoms with van der Waals surface area (Å²) in [5.41, 5.74) is 1.00. The topological polar surface area (TPSA) is 43.6 Å². The largest absolute Gasteiger partial charge is 0.214 e. The van der Waals surface area contributed by atoms with Gasteiger partial charge in [-0.2, -0.15) is 17.3 Å². The van der Waals surface area contributed by atoms with Crippen LogP contribution >= 0.6 is 24.4 Å². The fourth-order valence-corrected chi connectivity index (χ4v) is 2.84. The van der Waals surface area contributed by atoms with Crippen LogP contribution in [0.1, 0.15) is 25.7 Å². The number of tetrazole rings is 1. The Balaban J connectivity index is 1.83. The Kier molecular flexibility index (Phi) is 6.23. The maximum Gasteiger partial charge on any atom is 0.214 e. The summed E-state index contributed by atoms with van der Waals surface area (Å²) in [6, 6.07) is 9.98. The van der Waals surface area contributed by atoms with E-state index in [0.29, 0.717) is 0 Å². The van der Waals surface area contributed by atoms with Crippen LogP contribution in [-0.4, -0.2) is 31.7 Å². The minimum Gasteiger partial charge on any atom is -0.188 e. The number of unbranched alkanes of at least 4 members (excludes halogenated alkanes) is 3. The summed E-state index contributed by atoms with van der Waals surface area (Å²) in [4.78, 5) is 0. The van der Waals surface area contributed by atoms with Gasteiger partial charge in [0.15, 0.2) is 0 Å². The van der Waals surface area contributed by atoms with Crippen molar-refractivity contribution in [3.05, 3.63) is 30.3 Å².